The van der Waals surface area contributed by atoms with Crippen molar-refractivity contribution >= 4 is 56.2 Å². The van der Waals surface area contributed by atoms with Gasteiger partial charge < -0.3 is 65.0 Å². The number of hydrogen-bond acceptors (Lipinski definition) is 12. The van der Waals surface area contributed by atoms with Gasteiger partial charge in [-0.1, -0.05) is 71.6 Å². The molecule has 0 spiro atoms. The van der Waals surface area contributed by atoms with Crippen LogP contribution in [0.4, 0.5) is 9.59 Å². The highest BCUT2D eigenvalue weighted by Crippen LogP contribution is 2.33. The van der Waals surface area contributed by atoms with E-state index in [1.165, 1.54) is 96.3 Å². The second kappa shape index (κ2) is 38.3. The Morgan fingerprint density at radius 2 is 0.808 bits per heavy atom. The zero-order valence-electron chi connectivity index (χ0n) is 51.9. The summed E-state index contributed by atoms with van der Waals surface area (Å²) < 4.78 is 11.1. The normalized spacial score (nSPS) is 20.9. The van der Waals surface area contributed by atoms with E-state index in [0.29, 0.717) is 49.2 Å². The summed E-state index contributed by atoms with van der Waals surface area (Å²) in [4.78, 5) is 64.4. The lowest BCUT2D eigenvalue weighted by Gasteiger charge is -2.45. The van der Waals surface area contributed by atoms with Crippen LogP contribution in [-0.4, -0.2) is 209 Å². The van der Waals surface area contributed by atoms with Gasteiger partial charge in [0.25, 0.3) is 0 Å². The molecule has 3 heterocycles. The average molecular weight is 1160 g/mol. The summed E-state index contributed by atoms with van der Waals surface area (Å²) in [5.74, 6) is 2.59. The number of halogens is 1. The van der Waals surface area contributed by atoms with Gasteiger partial charge in [-0.05, 0) is 126 Å². The third-order valence-corrected chi connectivity index (χ3v) is 16.6. The number of carbonyl (C=O) groups is 4. The van der Waals surface area contributed by atoms with Gasteiger partial charge in [-0.15, -0.1) is 12.4 Å². The Balaban J connectivity index is 0.00000112. The highest BCUT2D eigenvalue weighted by Gasteiger charge is 2.37. The predicted octanol–water partition coefficient (Wildman–Crippen LogP) is 10.5. The fourth-order valence-electron chi connectivity index (χ4n) is 12.6. The minimum absolute atomic E-state index is 0. The third-order valence-electron chi connectivity index (χ3n) is 16.6. The summed E-state index contributed by atoms with van der Waals surface area (Å²) >= 11 is 0. The topological polar surface area (TPSA) is 163 Å². The lowest BCUT2D eigenvalue weighted by atomic mass is 9.82. The predicted molar refractivity (Wildman–Crippen MR) is 330 cm³/mol. The zero-order valence-corrected chi connectivity index (χ0v) is 54.9. The molecule has 0 aromatic carbocycles. The Morgan fingerprint density at radius 3 is 1.09 bits per heavy atom. The van der Waals surface area contributed by atoms with Crippen molar-refractivity contribution in [1.29, 1.82) is 0 Å². The second-order valence-electron chi connectivity index (χ2n) is 25.8. The van der Waals surface area contributed by atoms with Crippen molar-refractivity contribution in [1.82, 2.24) is 44.9 Å². The molecule has 6 aliphatic rings. The molecule has 3 saturated carbocycles. The van der Waals surface area contributed by atoms with Crippen LogP contribution in [0.1, 0.15) is 193 Å². The summed E-state index contributed by atoms with van der Waals surface area (Å²) in [5.41, 5.74) is -0.877. The Labute approximate surface area is 489 Å². The Bertz CT molecular complexity index is 1620. The first-order valence-electron chi connectivity index (χ1n) is 30.1. The van der Waals surface area contributed by atoms with E-state index in [0.717, 1.165) is 96.9 Å². The van der Waals surface area contributed by atoms with Crippen LogP contribution < -0.4 is 10.6 Å². The molecule has 78 heavy (non-hydrogen) atoms. The first-order chi connectivity index (χ1) is 34.9. The summed E-state index contributed by atoms with van der Waals surface area (Å²) in [5, 5.41) is 7.11. The lowest BCUT2D eigenvalue weighted by Crippen LogP contribution is -2.58. The van der Waals surface area contributed by atoms with Crippen molar-refractivity contribution in [2.45, 2.75) is 241 Å². The van der Waals surface area contributed by atoms with Crippen LogP contribution in [0, 0.1) is 17.8 Å². The summed E-state index contributed by atoms with van der Waals surface area (Å²) in [6.45, 7) is 41.6. The molecular weight excluding hydrogens is 1040 g/mol. The molecular formula is C59H118ClN9O7P2-4. The van der Waals surface area contributed by atoms with Gasteiger partial charge in [-0.25, -0.2) is 9.59 Å². The molecule has 3 aliphatic heterocycles. The van der Waals surface area contributed by atoms with Crippen LogP contribution in [0.2, 0.25) is 0 Å². The van der Waals surface area contributed by atoms with Gasteiger partial charge in [0.05, 0.1) is 0 Å². The van der Waals surface area contributed by atoms with Crippen molar-refractivity contribution < 1.29 is 34.1 Å². The monoisotopic (exact) mass is 1160 g/mol. The van der Waals surface area contributed by atoms with Gasteiger partial charge in [0.1, 0.15) is 11.2 Å². The number of carbonyl (C=O) groups excluding carboxylic acids is 4. The molecule has 0 aromatic rings. The van der Waals surface area contributed by atoms with Crippen LogP contribution >= 0.6 is 32.2 Å². The number of hydrogen-bond donors (Lipinski definition) is 2. The standard InChI is InChI=1S/C22H41N3O3.C20H39N3O2.C17H33N3O.ClH.H2O.H2P.HP/c1-17(2)25(18(3)26)16-20(19-10-8-7-9-11-19)23-12-14-24(15-13-23)21(27)28-22(4,5)6;1-16(2)21-15-18(17-9-7-6-8-10-17)22-11-13-23(14-12-22)19(24)25-20(3,4)5;1-14(2)20(15(3)21)13-17(16-7-5-4-6-8-16)19-11-9-18-10-12-19;;;;/h17,19-20H,7-16H2,1-6H3;16-18,21H,6-15H2,1-5H3;14,16-18H,4-13H2,1-3H3;1H;2*1H2;1H/q;;;;;-1;-2/p-1. The van der Waals surface area contributed by atoms with E-state index in [-0.39, 0.29) is 67.7 Å². The van der Waals surface area contributed by atoms with Gasteiger partial charge in [0.15, 0.2) is 0 Å². The largest absolute Gasteiger partial charge is 1.51 e. The van der Waals surface area contributed by atoms with E-state index in [9.17, 15) is 19.2 Å². The van der Waals surface area contributed by atoms with Crippen LogP contribution in [0.15, 0.2) is 0 Å². The molecule has 19 heteroatoms. The Morgan fingerprint density at radius 1 is 0.513 bits per heavy atom. The van der Waals surface area contributed by atoms with Crippen molar-refractivity contribution in [2.24, 2.45) is 17.8 Å². The van der Waals surface area contributed by atoms with Gasteiger partial charge >= 0.3 is 12.2 Å². The zero-order chi connectivity index (χ0) is 54.6. The van der Waals surface area contributed by atoms with Crippen molar-refractivity contribution in [3.63, 3.8) is 0 Å². The molecule has 3 aliphatic carbocycles. The molecule has 16 nitrogen and oxygen atoms in total. The van der Waals surface area contributed by atoms with Crippen LogP contribution in [0.5, 0.6) is 0 Å². The summed E-state index contributed by atoms with van der Waals surface area (Å²) in [7, 11) is 0. The number of nitrogens with zero attached hydrogens (tertiary/aromatic N) is 7. The molecule has 3 unspecified atom stereocenters. The highest BCUT2D eigenvalue weighted by atomic mass is 35.5. The number of ether oxygens (including phenoxy) is 2. The third kappa shape index (κ3) is 27.2. The molecule has 3 saturated heterocycles. The summed E-state index contributed by atoms with van der Waals surface area (Å²) in [6.07, 6.45) is 19.7. The molecule has 462 valence electrons. The van der Waals surface area contributed by atoms with E-state index in [1.807, 2.05) is 56.2 Å². The molecule has 0 bridgehead atoms. The fourth-order valence-corrected chi connectivity index (χ4v) is 12.6. The molecule has 3 N–H and O–H groups in total. The molecule has 6 fully saturated rings. The SMILES string of the molecule is CC(=O)N(CC(C1CCCCC1)N1CCN(C(=O)OC(C)(C)C)CC1)C(C)C.CC(=O)N(CC(C1CCCCC1)N1CCNCC1)C(C)C.CC(C)NCC(C1CCCCC1)N1CCN(C(=O)OC(C)(C)C)CC1.Cl.[OH-].[PH-2].[PH2-]. The maximum absolute atomic E-state index is 12.4. The van der Waals surface area contributed by atoms with Crippen molar-refractivity contribution in [3.05, 3.63) is 0 Å². The minimum Gasteiger partial charge on any atom is -1.51 e. The minimum atomic E-state index is -0.460. The van der Waals surface area contributed by atoms with E-state index >= 15 is 0 Å². The Kier molecular flexibility index (Phi) is 37.5. The smallest absolute Gasteiger partial charge is 0.410 e. The highest BCUT2D eigenvalue weighted by molar-refractivity contribution is 6.92. The molecule has 0 aromatic heterocycles. The van der Waals surface area contributed by atoms with Crippen LogP contribution in [-0.2, 0) is 19.1 Å². The maximum atomic E-state index is 12.4. The van der Waals surface area contributed by atoms with E-state index in [2.05, 4.69) is 71.8 Å². The van der Waals surface area contributed by atoms with Gasteiger partial charge in [-0.2, -0.15) is 0 Å². The maximum Gasteiger partial charge on any atom is 0.410 e. The van der Waals surface area contributed by atoms with Crippen molar-refractivity contribution in [3.8, 4) is 0 Å². The van der Waals surface area contributed by atoms with Crippen LogP contribution in [0.3, 0.4) is 0 Å². The van der Waals surface area contributed by atoms with E-state index in [4.69, 9.17) is 9.47 Å². The van der Waals surface area contributed by atoms with E-state index < -0.39 is 11.2 Å². The number of piperazine rings is 3. The van der Waals surface area contributed by atoms with Crippen molar-refractivity contribution in [2.75, 3.05) is 98.2 Å². The fraction of sp³-hybridized carbons (Fsp3) is 0.932. The average Bonchev–Trinajstić information content (AvgIpc) is 3.35. The Hall–Kier alpha value is -1.61. The lowest BCUT2D eigenvalue weighted by molar-refractivity contribution is -0.132. The van der Waals surface area contributed by atoms with Gasteiger partial charge in [-0.3, -0.25) is 24.3 Å². The van der Waals surface area contributed by atoms with E-state index in [1.54, 1.807) is 13.8 Å². The number of amides is 4. The van der Waals surface area contributed by atoms with Gasteiger partial charge in [0.2, 0.25) is 11.8 Å². The molecule has 6 rings (SSSR count). The molecule has 4 amide bonds. The van der Waals surface area contributed by atoms with Crippen LogP contribution in [0.25, 0.3) is 0 Å². The first kappa shape index (κ1) is 76.4. The van der Waals surface area contributed by atoms with Gasteiger partial charge in [0, 0.05) is 148 Å². The quantitative estimate of drug-likeness (QED) is 0.149. The number of rotatable bonds is 15. The first-order valence-corrected chi connectivity index (χ1v) is 30.1. The molecule has 3 atom stereocenters. The second-order valence-corrected chi connectivity index (χ2v) is 25.8. The molecule has 0 radical (unpaired) electrons. The number of nitrogens with one attached hydrogen (secondary N) is 2. The summed E-state index contributed by atoms with van der Waals surface area (Å²) in [6, 6.07) is 2.58.